The molecule has 0 aliphatic carbocycles. The zero-order chi connectivity index (χ0) is 4.83. The molecule has 0 spiro atoms. The molecule has 0 unspecified atom stereocenters. The number of nitrogens with zero attached hydrogens (tertiary/aromatic N) is 1. The van der Waals surface area contributed by atoms with Crippen molar-refractivity contribution in [2.24, 2.45) is 4.51 Å². The lowest BCUT2D eigenvalue weighted by molar-refractivity contribution is 1.78. The second-order valence-corrected chi connectivity index (χ2v) is 0.798. The van der Waals surface area contributed by atoms with Gasteiger partial charge in [0.15, 0.2) is 0 Å². The summed E-state index contributed by atoms with van der Waals surface area (Å²) in [5, 5.41) is 0. The summed E-state index contributed by atoms with van der Waals surface area (Å²) < 4.78 is 3.01. The lowest BCUT2D eigenvalue weighted by Crippen LogP contribution is -1.33. The SMILES string of the molecule is CC=C=C=NCl. The standard InChI is InChI=1S/C4H4ClN/c1-2-3-4-6-5/h2H,1H3. The van der Waals surface area contributed by atoms with E-state index < -0.39 is 0 Å². The van der Waals surface area contributed by atoms with Gasteiger partial charge < -0.3 is 0 Å². The van der Waals surface area contributed by atoms with Gasteiger partial charge in [0.25, 0.3) is 0 Å². The molecule has 0 aliphatic rings. The molecule has 0 aliphatic heterocycles. The molecule has 2 heteroatoms. The van der Waals surface area contributed by atoms with Crippen molar-refractivity contribution in [3.8, 4) is 0 Å². The predicted octanol–water partition coefficient (Wildman–Crippen LogP) is 1.54. The van der Waals surface area contributed by atoms with Gasteiger partial charge in [0.05, 0.1) is 5.87 Å². The summed E-state index contributed by atoms with van der Waals surface area (Å²) in [6.45, 7) is 1.81. The molecule has 0 saturated heterocycles. The molecule has 0 radical (unpaired) electrons. The third kappa shape index (κ3) is 3.52. The minimum Gasteiger partial charge on any atom is -0.125 e. The predicted molar refractivity (Wildman–Crippen MR) is 27.0 cm³/mol. The maximum Gasteiger partial charge on any atom is 0.0535 e. The monoisotopic (exact) mass is 101 g/mol. The highest BCUT2D eigenvalue weighted by Crippen LogP contribution is 1.63. The minimum atomic E-state index is 1.67. The molecule has 6 heavy (non-hydrogen) atoms. The molecule has 0 rings (SSSR count). The second-order valence-electron chi connectivity index (χ2n) is 0.629. The Morgan fingerprint density at radius 3 is 2.67 bits per heavy atom. The van der Waals surface area contributed by atoms with Gasteiger partial charge in [-0.15, -0.1) is 4.51 Å². The van der Waals surface area contributed by atoms with Crippen LogP contribution in [0.5, 0.6) is 0 Å². The zero-order valence-corrected chi connectivity index (χ0v) is 4.16. The third-order valence-corrected chi connectivity index (χ3v) is 0.336. The smallest absolute Gasteiger partial charge is 0.0535 e. The van der Waals surface area contributed by atoms with Gasteiger partial charge in [-0.1, -0.05) is 5.73 Å². The molecule has 32 valence electrons. The Morgan fingerprint density at radius 1 is 1.83 bits per heavy atom. The van der Waals surface area contributed by atoms with Crippen LogP contribution in [0, 0.1) is 0 Å². The molecule has 0 fully saturated rings. The summed E-state index contributed by atoms with van der Waals surface area (Å²) in [7, 11) is 0. The van der Waals surface area contributed by atoms with E-state index in [9.17, 15) is 0 Å². The van der Waals surface area contributed by atoms with Gasteiger partial charge in [0.1, 0.15) is 0 Å². The summed E-state index contributed by atoms with van der Waals surface area (Å²) in [6, 6.07) is 0. The Labute approximate surface area is 41.8 Å². The molecule has 0 amide bonds. The van der Waals surface area contributed by atoms with E-state index in [1.807, 2.05) is 6.92 Å². The number of rotatable bonds is 0. The van der Waals surface area contributed by atoms with Gasteiger partial charge in [-0.05, 0) is 13.0 Å². The van der Waals surface area contributed by atoms with Crippen molar-refractivity contribution < 1.29 is 0 Å². The molecule has 0 aromatic heterocycles. The van der Waals surface area contributed by atoms with E-state index in [0.717, 1.165) is 0 Å². The fourth-order valence-corrected chi connectivity index (χ4v) is 0.138. The molecule has 0 heterocycles. The summed E-state index contributed by atoms with van der Waals surface area (Å²) in [5.74, 6) is 2.28. The van der Waals surface area contributed by atoms with Crippen LogP contribution in [0.25, 0.3) is 0 Å². The summed E-state index contributed by atoms with van der Waals surface area (Å²) in [6.07, 6.45) is 1.67. The van der Waals surface area contributed by atoms with Crippen molar-refractivity contribution in [1.29, 1.82) is 0 Å². The number of hydrogen-bond donors (Lipinski definition) is 0. The van der Waals surface area contributed by atoms with Crippen LogP contribution >= 0.6 is 11.8 Å². The number of allylic oxidation sites excluding steroid dienone is 1. The molecular weight excluding hydrogens is 97.5 g/mol. The van der Waals surface area contributed by atoms with Crippen LogP contribution < -0.4 is 0 Å². The first-order valence-corrected chi connectivity index (χ1v) is 1.85. The van der Waals surface area contributed by atoms with Crippen molar-refractivity contribution in [1.82, 2.24) is 0 Å². The summed E-state index contributed by atoms with van der Waals surface area (Å²) in [5.41, 5.74) is 2.52. The average Bonchev–Trinajstić information content (AvgIpc) is 1.61. The molecule has 1 nitrogen and oxygen atoms in total. The Bertz CT molecular complexity index is 90.7. The van der Waals surface area contributed by atoms with Crippen LogP contribution in [0.3, 0.4) is 0 Å². The van der Waals surface area contributed by atoms with Crippen molar-refractivity contribution in [3.05, 3.63) is 11.8 Å². The van der Waals surface area contributed by atoms with E-state index in [-0.39, 0.29) is 0 Å². The van der Waals surface area contributed by atoms with E-state index in [2.05, 4.69) is 16.1 Å². The van der Waals surface area contributed by atoms with E-state index in [0.29, 0.717) is 0 Å². The lowest BCUT2D eigenvalue weighted by atomic mass is 10.7. The van der Waals surface area contributed by atoms with Gasteiger partial charge in [0, 0.05) is 11.8 Å². The van der Waals surface area contributed by atoms with Gasteiger partial charge in [-0.2, -0.15) is 0 Å². The molecule has 0 N–H and O–H groups in total. The Morgan fingerprint density at radius 2 is 2.50 bits per heavy atom. The molecular formula is C4H4ClN. The molecule has 0 aromatic carbocycles. The highest BCUT2D eigenvalue weighted by atomic mass is 35.5. The van der Waals surface area contributed by atoms with Gasteiger partial charge in [-0.25, -0.2) is 0 Å². The number of halogens is 1. The quantitative estimate of drug-likeness (QED) is 0.324. The van der Waals surface area contributed by atoms with Gasteiger partial charge >= 0.3 is 0 Å². The third-order valence-electron chi connectivity index (χ3n) is 0.251. The number of hydrogen-bond acceptors (Lipinski definition) is 1. The fraction of sp³-hybridized carbons (Fsp3) is 0.250. The van der Waals surface area contributed by atoms with Crippen molar-refractivity contribution in [3.63, 3.8) is 0 Å². The van der Waals surface area contributed by atoms with Crippen molar-refractivity contribution in [2.75, 3.05) is 0 Å². The topological polar surface area (TPSA) is 12.4 Å². The molecule has 0 aromatic rings. The maximum atomic E-state index is 4.81. The lowest BCUT2D eigenvalue weighted by Gasteiger charge is -1.45. The zero-order valence-electron chi connectivity index (χ0n) is 3.40. The van der Waals surface area contributed by atoms with Crippen LogP contribution in [0.2, 0.25) is 0 Å². The highest BCUT2D eigenvalue weighted by Gasteiger charge is 1.39. The Kier molecular flexibility index (Phi) is 4.16. The Hall–Kier alpha value is -0.480. The minimum absolute atomic E-state index is 1.67. The van der Waals surface area contributed by atoms with Crippen LogP contribution in [0.15, 0.2) is 16.3 Å². The van der Waals surface area contributed by atoms with Crippen LogP contribution in [-0.2, 0) is 0 Å². The first kappa shape index (κ1) is 5.52. The fourth-order valence-electron chi connectivity index (χ4n) is 0.0889. The first-order valence-electron chi connectivity index (χ1n) is 1.51. The largest absolute Gasteiger partial charge is 0.125 e. The molecule has 0 bridgehead atoms. The van der Waals surface area contributed by atoms with E-state index >= 15 is 0 Å². The molecule has 0 atom stereocenters. The van der Waals surface area contributed by atoms with Gasteiger partial charge in [0.2, 0.25) is 0 Å². The van der Waals surface area contributed by atoms with Crippen LogP contribution in [0.4, 0.5) is 0 Å². The highest BCUT2D eigenvalue weighted by molar-refractivity contribution is 6.17. The van der Waals surface area contributed by atoms with E-state index in [1.165, 1.54) is 0 Å². The normalized spacial score (nSPS) is 5.00. The second kappa shape index (κ2) is 4.52. The van der Waals surface area contributed by atoms with Gasteiger partial charge in [-0.3, -0.25) is 0 Å². The molecule has 0 saturated carbocycles. The van der Waals surface area contributed by atoms with E-state index in [4.69, 9.17) is 11.8 Å². The first-order chi connectivity index (χ1) is 2.91. The van der Waals surface area contributed by atoms with Crippen LogP contribution in [-0.4, -0.2) is 5.87 Å². The van der Waals surface area contributed by atoms with E-state index in [1.54, 1.807) is 6.08 Å². The summed E-state index contributed by atoms with van der Waals surface area (Å²) in [4.78, 5) is 0. The average molecular weight is 102 g/mol. The maximum absolute atomic E-state index is 4.81. The van der Waals surface area contributed by atoms with Crippen molar-refractivity contribution >= 4 is 17.6 Å². The summed E-state index contributed by atoms with van der Waals surface area (Å²) >= 11 is 4.81. The van der Waals surface area contributed by atoms with Crippen LogP contribution in [0.1, 0.15) is 6.92 Å². The van der Waals surface area contributed by atoms with Crippen molar-refractivity contribution in [2.45, 2.75) is 6.92 Å². The Balaban J connectivity index is 3.79.